The zero-order chi connectivity index (χ0) is 21.5. The summed E-state index contributed by atoms with van der Waals surface area (Å²) < 4.78 is 7.15. The summed E-state index contributed by atoms with van der Waals surface area (Å²) >= 11 is 5.92. The van der Waals surface area contributed by atoms with E-state index >= 15 is 0 Å². The number of nitrogens with zero attached hydrogens (tertiary/aromatic N) is 5. The van der Waals surface area contributed by atoms with Crippen LogP contribution in [0.1, 0.15) is 23.8 Å². The average molecular weight is 435 g/mol. The molecule has 0 saturated carbocycles. The maximum atomic E-state index is 12.6. The monoisotopic (exact) mass is 434 g/mol. The zero-order valence-electron chi connectivity index (χ0n) is 17.3. The Hall–Kier alpha value is -2.65. The van der Waals surface area contributed by atoms with E-state index in [0.29, 0.717) is 36.1 Å². The Morgan fingerprint density at radius 1 is 1.27 bits per heavy atom. The summed E-state index contributed by atoms with van der Waals surface area (Å²) in [5.41, 5.74) is 0.323. The second kappa shape index (κ2) is 10.4. The third-order valence-corrected chi connectivity index (χ3v) is 5.12. The molecule has 1 aliphatic heterocycles. The van der Waals surface area contributed by atoms with Gasteiger partial charge in [-0.25, -0.2) is 4.68 Å². The lowest BCUT2D eigenvalue weighted by molar-refractivity contribution is -0.127. The van der Waals surface area contributed by atoms with Gasteiger partial charge in [0.2, 0.25) is 0 Å². The molecule has 0 bridgehead atoms. The molecule has 0 spiro atoms. The normalized spacial score (nSPS) is 16.0. The maximum Gasteiger partial charge on any atom is 0.276 e. The van der Waals surface area contributed by atoms with Crippen LogP contribution in [-0.2, 0) is 11.3 Å². The minimum atomic E-state index is -0.669. The number of aromatic nitrogens is 3. The Labute approximate surface area is 180 Å². The number of carbonyl (C=O) groups is 2. The van der Waals surface area contributed by atoms with Crippen molar-refractivity contribution in [2.75, 3.05) is 39.8 Å². The number of hydrogen-bond donors (Lipinski definition) is 1. The van der Waals surface area contributed by atoms with E-state index in [1.807, 2.05) is 4.90 Å². The summed E-state index contributed by atoms with van der Waals surface area (Å²) in [6.45, 7) is 5.64. The van der Waals surface area contributed by atoms with Crippen molar-refractivity contribution in [2.24, 2.45) is 0 Å². The third kappa shape index (κ3) is 6.17. The van der Waals surface area contributed by atoms with Crippen molar-refractivity contribution >= 4 is 23.4 Å². The Morgan fingerprint density at radius 3 is 2.90 bits per heavy atom. The van der Waals surface area contributed by atoms with Gasteiger partial charge < -0.3 is 19.9 Å². The van der Waals surface area contributed by atoms with Crippen LogP contribution in [0.4, 0.5) is 0 Å². The molecule has 1 saturated heterocycles. The summed E-state index contributed by atoms with van der Waals surface area (Å²) in [5, 5.41) is 11.3. The highest BCUT2D eigenvalue weighted by Gasteiger charge is 2.21. The molecule has 2 aromatic rings. The summed E-state index contributed by atoms with van der Waals surface area (Å²) in [5.74, 6) is 0.175. The number of carbonyl (C=O) groups excluding carboxylic acids is 2. The number of amides is 2. The molecule has 0 unspecified atom stereocenters. The molecular weight excluding hydrogens is 408 g/mol. The lowest BCUT2D eigenvalue weighted by Crippen LogP contribution is -2.38. The minimum Gasteiger partial charge on any atom is -0.481 e. The predicted molar refractivity (Wildman–Crippen MR) is 113 cm³/mol. The van der Waals surface area contributed by atoms with Crippen molar-refractivity contribution in [3.05, 3.63) is 41.2 Å². The fraction of sp³-hybridized carbons (Fsp3) is 0.500. The summed E-state index contributed by atoms with van der Waals surface area (Å²) in [4.78, 5) is 28.9. The van der Waals surface area contributed by atoms with Crippen LogP contribution in [-0.4, -0.2) is 82.5 Å². The predicted octanol–water partition coefficient (Wildman–Crippen LogP) is 1.29. The van der Waals surface area contributed by atoms with E-state index in [9.17, 15) is 9.59 Å². The largest absolute Gasteiger partial charge is 0.481 e. The molecule has 0 radical (unpaired) electrons. The maximum absolute atomic E-state index is 12.6. The van der Waals surface area contributed by atoms with E-state index in [0.717, 1.165) is 26.1 Å². The van der Waals surface area contributed by atoms with Gasteiger partial charge in [-0.1, -0.05) is 22.9 Å². The molecule has 1 aliphatic rings. The second-order valence-electron chi connectivity index (χ2n) is 7.32. The van der Waals surface area contributed by atoms with Crippen LogP contribution in [0.5, 0.6) is 5.75 Å². The zero-order valence-corrected chi connectivity index (χ0v) is 18.0. The van der Waals surface area contributed by atoms with Crippen LogP contribution in [0.25, 0.3) is 0 Å². The van der Waals surface area contributed by atoms with E-state index in [4.69, 9.17) is 16.3 Å². The number of hydrogen-bond acceptors (Lipinski definition) is 6. The van der Waals surface area contributed by atoms with Gasteiger partial charge in [-0.05, 0) is 45.1 Å². The molecule has 2 heterocycles. The highest BCUT2D eigenvalue weighted by atomic mass is 35.5. The molecule has 1 N–H and O–H groups in total. The van der Waals surface area contributed by atoms with Crippen LogP contribution in [0.15, 0.2) is 30.5 Å². The number of nitrogens with one attached hydrogen (secondary N) is 1. The van der Waals surface area contributed by atoms with Crippen molar-refractivity contribution in [3.8, 4) is 5.75 Å². The quantitative estimate of drug-likeness (QED) is 0.706. The number of benzene rings is 1. The van der Waals surface area contributed by atoms with E-state index < -0.39 is 6.10 Å². The Kier molecular flexibility index (Phi) is 7.64. The minimum absolute atomic E-state index is 0.107. The Bertz CT molecular complexity index is 874. The van der Waals surface area contributed by atoms with Crippen LogP contribution in [0.3, 0.4) is 0 Å². The summed E-state index contributed by atoms with van der Waals surface area (Å²) in [6.07, 6.45) is 1.89. The van der Waals surface area contributed by atoms with Gasteiger partial charge in [-0.2, -0.15) is 0 Å². The van der Waals surface area contributed by atoms with Crippen molar-refractivity contribution in [3.63, 3.8) is 0 Å². The highest BCUT2D eigenvalue weighted by molar-refractivity contribution is 6.30. The molecule has 0 aliphatic carbocycles. The van der Waals surface area contributed by atoms with Crippen molar-refractivity contribution < 1.29 is 14.3 Å². The Morgan fingerprint density at radius 2 is 2.10 bits per heavy atom. The van der Waals surface area contributed by atoms with Gasteiger partial charge in [0.15, 0.2) is 11.8 Å². The van der Waals surface area contributed by atoms with Crippen LogP contribution in [0.2, 0.25) is 5.02 Å². The van der Waals surface area contributed by atoms with Crippen LogP contribution >= 0.6 is 11.6 Å². The number of ether oxygens (including phenoxy) is 1. The number of rotatable bonds is 7. The van der Waals surface area contributed by atoms with Gasteiger partial charge in [0.05, 0.1) is 12.7 Å². The van der Waals surface area contributed by atoms with Crippen LogP contribution in [0, 0.1) is 0 Å². The fourth-order valence-electron chi connectivity index (χ4n) is 3.15. The fourth-order valence-corrected chi connectivity index (χ4v) is 3.33. The first kappa shape index (κ1) is 22.0. The highest BCUT2D eigenvalue weighted by Crippen LogP contribution is 2.18. The molecule has 2 amide bonds. The van der Waals surface area contributed by atoms with E-state index in [2.05, 4.69) is 27.6 Å². The molecule has 3 rings (SSSR count). The smallest absolute Gasteiger partial charge is 0.276 e. The molecule has 30 heavy (non-hydrogen) atoms. The lowest BCUT2D eigenvalue weighted by Gasteiger charge is -2.18. The molecule has 1 fully saturated rings. The number of likely N-dealkylation sites (N-methyl/N-ethyl adjacent to an activating group) is 1. The molecule has 9 nitrogen and oxygen atoms in total. The standard InChI is InChI=1S/C20H27ClN6O3/c1-15(30-17-6-3-5-16(21)13-17)19(28)22-7-10-27-14-18(23-24-27)20(29)26-9-4-8-25(2)11-12-26/h3,5-6,13-15H,4,7-12H2,1-2H3,(H,22,28)/t15-/m1/s1. The van der Waals surface area contributed by atoms with Crippen molar-refractivity contribution in [1.82, 2.24) is 30.1 Å². The third-order valence-electron chi connectivity index (χ3n) is 4.88. The van der Waals surface area contributed by atoms with Gasteiger partial charge in [-0.15, -0.1) is 5.10 Å². The first-order valence-corrected chi connectivity index (χ1v) is 10.4. The van der Waals surface area contributed by atoms with Gasteiger partial charge in [-0.3, -0.25) is 9.59 Å². The number of halogens is 1. The van der Waals surface area contributed by atoms with E-state index in [-0.39, 0.29) is 11.8 Å². The molecule has 1 atom stereocenters. The Balaban J connectivity index is 1.44. The average Bonchev–Trinajstić information content (AvgIpc) is 3.08. The first-order chi connectivity index (χ1) is 14.4. The van der Waals surface area contributed by atoms with Crippen molar-refractivity contribution in [1.29, 1.82) is 0 Å². The van der Waals surface area contributed by atoms with Gasteiger partial charge in [0.1, 0.15) is 5.75 Å². The van der Waals surface area contributed by atoms with Gasteiger partial charge >= 0.3 is 0 Å². The molecule has 162 valence electrons. The van der Waals surface area contributed by atoms with Gasteiger partial charge in [0.25, 0.3) is 11.8 Å². The summed E-state index contributed by atoms with van der Waals surface area (Å²) in [7, 11) is 2.06. The molecule has 10 heteroatoms. The summed E-state index contributed by atoms with van der Waals surface area (Å²) in [6, 6.07) is 6.89. The van der Waals surface area contributed by atoms with Crippen molar-refractivity contribution in [2.45, 2.75) is 26.0 Å². The second-order valence-corrected chi connectivity index (χ2v) is 7.76. The topological polar surface area (TPSA) is 92.6 Å². The molecular formula is C20H27ClN6O3. The SMILES string of the molecule is C[C@@H](Oc1cccc(Cl)c1)C(=O)NCCn1cc(C(=O)N2CCCN(C)CC2)nn1. The molecule has 1 aromatic heterocycles. The van der Waals surface area contributed by atoms with Crippen LogP contribution < -0.4 is 10.1 Å². The molecule has 1 aromatic carbocycles. The van der Waals surface area contributed by atoms with E-state index in [1.54, 1.807) is 42.1 Å². The van der Waals surface area contributed by atoms with E-state index in [1.165, 1.54) is 0 Å². The lowest BCUT2D eigenvalue weighted by atomic mass is 10.3. The van der Waals surface area contributed by atoms with Gasteiger partial charge in [0, 0.05) is 31.2 Å². The first-order valence-electron chi connectivity index (χ1n) is 10.0.